The van der Waals surface area contributed by atoms with Crippen LogP contribution in [0, 0.1) is 5.82 Å². The summed E-state index contributed by atoms with van der Waals surface area (Å²) in [6.07, 6.45) is 1.59. The van der Waals surface area contributed by atoms with E-state index >= 15 is 0 Å². The second kappa shape index (κ2) is 7.03. The summed E-state index contributed by atoms with van der Waals surface area (Å²) < 4.78 is 41.9. The summed E-state index contributed by atoms with van der Waals surface area (Å²) >= 11 is 11.8. The number of hydrogen-bond donors (Lipinski definition) is 1. The summed E-state index contributed by atoms with van der Waals surface area (Å²) in [5.74, 6) is -0.228. The lowest BCUT2D eigenvalue weighted by Gasteiger charge is -2.08. The number of rotatable bonds is 5. The molecule has 9 heteroatoms. The average Bonchev–Trinajstić information content (AvgIpc) is 2.96. The monoisotopic (exact) mass is 399 g/mol. The van der Waals surface area contributed by atoms with Crippen molar-refractivity contribution >= 4 is 39.0 Å². The van der Waals surface area contributed by atoms with E-state index < -0.39 is 10.0 Å². The van der Waals surface area contributed by atoms with E-state index in [4.69, 9.17) is 23.2 Å². The molecule has 0 bridgehead atoms. The first-order chi connectivity index (χ1) is 11.8. The van der Waals surface area contributed by atoms with Gasteiger partial charge in [-0.05, 0) is 35.9 Å². The van der Waals surface area contributed by atoms with Gasteiger partial charge < -0.3 is 0 Å². The molecular weight excluding hydrogens is 388 g/mol. The van der Waals surface area contributed by atoms with Crippen LogP contribution in [-0.2, 0) is 16.6 Å². The lowest BCUT2D eigenvalue weighted by Crippen LogP contribution is -2.14. The molecule has 1 N–H and O–H groups in total. The summed E-state index contributed by atoms with van der Waals surface area (Å²) in [6.45, 7) is 0.303. The van der Waals surface area contributed by atoms with E-state index in [0.717, 1.165) is 0 Å². The van der Waals surface area contributed by atoms with E-state index in [9.17, 15) is 12.8 Å². The molecule has 0 saturated carbocycles. The summed E-state index contributed by atoms with van der Waals surface area (Å²) in [5.41, 5.74) is 0.704. The van der Waals surface area contributed by atoms with Gasteiger partial charge in [0.05, 0.1) is 11.6 Å². The van der Waals surface area contributed by atoms with Crippen molar-refractivity contribution in [2.24, 2.45) is 0 Å². The van der Waals surface area contributed by atoms with Crippen molar-refractivity contribution in [3.63, 3.8) is 0 Å². The SMILES string of the molecule is O=S(=O)(Nc1ccn(Cc2cccc(F)c2)n1)c1cc(Cl)ccc1Cl. The van der Waals surface area contributed by atoms with Crippen molar-refractivity contribution < 1.29 is 12.8 Å². The van der Waals surface area contributed by atoms with E-state index in [1.165, 1.54) is 41.1 Å². The zero-order valence-electron chi connectivity index (χ0n) is 12.7. The van der Waals surface area contributed by atoms with Crippen LogP contribution in [0.4, 0.5) is 10.2 Å². The largest absolute Gasteiger partial charge is 0.266 e. The fraction of sp³-hybridized carbons (Fsp3) is 0.0625. The Morgan fingerprint density at radius 1 is 1.12 bits per heavy atom. The van der Waals surface area contributed by atoms with Gasteiger partial charge in [-0.15, -0.1) is 0 Å². The van der Waals surface area contributed by atoms with Crippen LogP contribution in [0.15, 0.2) is 59.6 Å². The normalized spacial score (nSPS) is 11.5. The summed E-state index contributed by atoms with van der Waals surface area (Å²) in [7, 11) is -3.93. The number of hydrogen-bond acceptors (Lipinski definition) is 3. The molecule has 1 aromatic heterocycles. The van der Waals surface area contributed by atoms with Gasteiger partial charge >= 0.3 is 0 Å². The fourth-order valence-corrected chi connectivity index (χ4v) is 3.96. The number of anilines is 1. The highest BCUT2D eigenvalue weighted by atomic mass is 35.5. The molecule has 0 atom stereocenters. The predicted octanol–water partition coefficient (Wildman–Crippen LogP) is 4.18. The van der Waals surface area contributed by atoms with Gasteiger partial charge in [-0.1, -0.05) is 35.3 Å². The molecule has 0 aliphatic carbocycles. The van der Waals surface area contributed by atoms with E-state index in [1.807, 2.05) is 0 Å². The molecule has 130 valence electrons. The minimum Gasteiger partial charge on any atom is -0.266 e. The number of benzene rings is 2. The Bertz CT molecular complexity index is 1020. The highest BCUT2D eigenvalue weighted by Crippen LogP contribution is 2.26. The molecule has 0 aliphatic heterocycles. The molecule has 1 heterocycles. The topological polar surface area (TPSA) is 64.0 Å². The van der Waals surface area contributed by atoms with E-state index in [-0.39, 0.29) is 26.6 Å². The summed E-state index contributed by atoms with van der Waals surface area (Å²) in [5, 5.41) is 4.43. The van der Waals surface area contributed by atoms with E-state index in [2.05, 4.69) is 9.82 Å². The molecule has 0 radical (unpaired) electrons. The highest BCUT2D eigenvalue weighted by molar-refractivity contribution is 7.92. The molecule has 2 aromatic carbocycles. The van der Waals surface area contributed by atoms with Gasteiger partial charge in [0.25, 0.3) is 10.0 Å². The molecule has 3 rings (SSSR count). The highest BCUT2D eigenvalue weighted by Gasteiger charge is 2.19. The zero-order valence-corrected chi connectivity index (χ0v) is 15.0. The molecule has 3 aromatic rings. The van der Waals surface area contributed by atoms with Crippen LogP contribution in [0.2, 0.25) is 10.0 Å². The van der Waals surface area contributed by atoms with Crippen molar-refractivity contribution in [3.05, 3.63) is 76.2 Å². The van der Waals surface area contributed by atoms with E-state index in [1.54, 1.807) is 18.3 Å². The molecule has 0 aliphatic rings. The molecule has 0 unspecified atom stereocenters. The Hall–Kier alpha value is -2.09. The maximum absolute atomic E-state index is 13.2. The Kier molecular flexibility index (Phi) is 4.99. The van der Waals surface area contributed by atoms with Crippen LogP contribution in [-0.4, -0.2) is 18.2 Å². The fourth-order valence-electron chi connectivity index (χ4n) is 2.20. The van der Waals surface area contributed by atoms with Crippen molar-refractivity contribution in [2.45, 2.75) is 11.4 Å². The number of nitrogens with one attached hydrogen (secondary N) is 1. The maximum atomic E-state index is 13.2. The van der Waals surface area contributed by atoms with Crippen LogP contribution in [0.1, 0.15) is 5.56 Å². The summed E-state index contributed by atoms with van der Waals surface area (Å²) in [4.78, 5) is -0.138. The Labute approximate surface area is 154 Å². The molecule has 0 amide bonds. The van der Waals surface area contributed by atoms with Gasteiger partial charge in [0, 0.05) is 17.3 Å². The lowest BCUT2D eigenvalue weighted by atomic mass is 10.2. The van der Waals surface area contributed by atoms with Gasteiger partial charge in [-0.3, -0.25) is 9.40 Å². The number of halogens is 3. The first-order valence-electron chi connectivity index (χ1n) is 7.09. The second-order valence-electron chi connectivity index (χ2n) is 5.21. The number of aromatic nitrogens is 2. The van der Waals surface area contributed by atoms with Crippen LogP contribution < -0.4 is 4.72 Å². The molecular formula is C16H12Cl2FN3O2S. The summed E-state index contributed by atoms with van der Waals surface area (Å²) in [6, 6.07) is 11.7. The smallest absolute Gasteiger partial charge is 0.264 e. The van der Waals surface area contributed by atoms with Gasteiger partial charge in [-0.2, -0.15) is 5.10 Å². The first-order valence-corrected chi connectivity index (χ1v) is 9.33. The maximum Gasteiger partial charge on any atom is 0.264 e. The van der Waals surface area contributed by atoms with E-state index in [0.29, 0.717) is 12.1 Å². The average molecular weight is 400 g/mol. The number of sulfonamides is 1. The first kappa shape index (κ1) is 17.7. The molecule has 0 spiro atoms. The molecule has 0 saturated heterocycles. The second-order valence-corrected chi connectivity index (χ2v) is 7.70. The Morgan fingerprint density at radius 3 is 2.68 bits per heavy atom. The minimum absolute atomic E-state index is 0.0519. The van der Waals surface area contributed by atoms with Crippen LogP contribution >= 0.6 is 23.2 Å². The van der Waals surface area contributed by atoms with Gasteiger partial charge in [0.15, 0.2) is 5.82 Å². The quantitative estimate of drug-likeness (QED) is 0.699. The van der Waals surface area contributed by atoms with Gasteiger partial charge in [0.1, 0.15) is 10.7 Å². The zero-order chi connectivity index (χ0) is 18.0. The third kappa shape index (κ3) is 4.31. The third-order valence-corrected chi connectivity index (χ3v) is 5.37. The van der Waals surface area contributed by atoms with Crippen molar-refractivity contribution in [2.75, 3.05) is 4.72 Å². The van der Waals surface area contributed by atoms with Crippen LogP contribution in [0.3, 0.4) is 0 Å². The van der Waals surface area contributed by atoms with Gasteiger partial charge in [0.2, 0.25) is 0 Å². The Balaban J connectivity index is 1.80. The predicted molar refractivity (Wildman–Crippen MR) is 95.0 cm³/mol. The molecule has 0 fully saturated rings. The van der Waals surface area contributed by atoms with Crippen LogP contribution in [0.5, 0.6) is 0 Å². The standard InChI is InChI=1S/C16H12Cl2FN3O2S/c17-12-4-5-14(18)15(9-12)25(23,24)21-16-6-7-22(20-16)10-11-2-1-3-13(19)8-11/h1-9H,10H2,(H,20,21). The van der Waals surface area contributed by atoms with Crippen molar-refractivity contribution in [1.29, 1.82) is 0 Å². The van der Waals surface area contributed by atoms with Crippen molar-refractivity contribution in [3.8, 4) is 0 Å². The third-order valence-electron chi connectivity index (χ3n) is 3.30. The van der Waals surface area contributed by atoms with Crippen molar-refractivity contribution in [1.82, 2.24) is 9.78 Å². The molecule has 25 heavy (non-hydrogen) atoms. The Morgan fingerprint density at radius 2 is 1.92 bits per heavy atom. The molecule has 5 nitrogen and oxygen atoms in total. The van der Waals surface area contributed by atoms with Gasteiger partial charge in [-0.25, -0.2) is 12.8 Å². The minimum atomic E-state index is -3.93. The van der Waals surface area contributed by atoms with Crippen LogP contribution in [0.25, 0.3) is 0 Å². The lowest BCUT2D eigenvalue weighted by molar-refractivity contribution is 0.600. The number of nitrogens with zero attached hydrogens (tertiary/aromatic N) is 2.